The summed E-state index contributed by atoms with van der Waals surface area (Å²) in [6, 6.07) is 11.3. The fraction of sp³-hybridized carbons (Fsp3) is 0.364. The molecule has 1 unspecified atom stereocenters. The van der Waals surface area contributed by atoms with Crippen molar-refractivity contribution in [3.8, 4) is 5.69 Å². The molecule has 0 radical (unpaired) electrons. The van der Waals surface area contributed by atoms with Crippen LogP contribution in [0.15, 0.2) is 30.3 Å². The second kappa shape index (κ2) is 4.24. The van der Waals surface area contributed by atoms with Gasteiger partial charge in [0.05, 0.1) is 0 Å². The van der Waals surface area contributed by atoms with Gasteiger partial charge in [0.2, 0.25) is 8.07 Å². The van der Waals surface area contributed by atoms with Crippen molar-refractivity contribution in [3.63, 3.8) is 0 Å². The molecule has 0 aliphatic rings. The standard InChI is InChI=1S/C11H15NSi/c1-3-9-13(2,10-12)11-7-5-4-6-8-11/h4-8H,3,9H2,1-2H3. The SMILES string of the molecule is CCC[Si](C)(C#N)c1ccccc1. The third kappa shape index (κ3) is 2.19. The zero-order valence-corrected chi connectivity index (χ0v) is 9.25. The maximum Gasteiger partial charge on any atom is 0.201 e. The van der Waals surface area contributed by atoms with Gasteiger partial charge in [-0.1, -0.05) is 50.2 Å². The van der Waals surface area contributed by atoms with E-state index in [0.717, 1.165) is 12.5 Å². The fourth-order valence-corrected chi connectivity index (χ4v) is 4.03. The van der Waals surface area contributed by atoms with E-state index in [0.29, 0.717) is 0 Å². The van der Waals surface area contributed by atoms with E-state index in [-0.39, 0.29) is 0 Å². The summed E-state index contributed by atoms with van der Waals surface area (Å²) in [4.78, 5) is 0. The molecular formula is C11H15NSi. The largest absolute Gasteiger partial charge is 0.206 e. The van der Waals surface area contributed by atoms with E-state index in [9.17, 15) is 5.26 Å². The van der Waals surface area contributed by atoms with Crippen molar-refractivity contribution < 1.29 is 0 Å². The summed E-state index contributed by atoms with van der Waals surface area (Å²) in [7, 11) is -1.79. The smallest absolute Gasteiger partial charge is 0.201 e. The summed E-state index contributed by atoms with van der Waals surface area (Å²) in [5, 5.41) is 10.4. The maximum atomic E-state index is 9.18. The Balaban J connectivity index is 2.98. The Hall–Kier alpha value is -1.07. The molecule has 0 N–H and O–H groups in total. The van der Waals surface area contributed by atoms with Crippen LogP contribution < -0.4 is 5.19 Å². The van der Waals surface area contributed by atoms with Gasteiger partial charge in [0.15, 0.2) is 0 Å². The monoisotopic (exact) mass is 189 g/mol. The zero-order valence-electron chi connectivity index (χ0n) is 8.25. The molecule has 1 aromatic rings. The van der Waals surface area contributed by atoms with E-state index in [2.05, 4.69) is 31.3 Å². The molecule has 0 heterocycles. The van der Waals surface area contributed by atoms with E-state index in [1.165, 1.54) is 5.19 Å². The first-order valence-electron chi connectivity index (χ1n) is 4.69. The molecule has 0 aliphatic carbocycles. The summed E-state index contributed by atoms with van der Waals surface area (Å²) in [6.07, 6.45) is 1.10. The highest BCUT2D eigenvalue weighted by atomic mass is 28.3. The van der Waals surface area contributed by atoms with Gasteiger partial charge in [-0.2, -0.15) is 0 Å². The lowest BCUT2D eigenvalue weighted by Crippen LogP contribution is -2.43. The van der Waals surface area contributed by atoms with E-state index >= 15 is 0 Å². The van der Waals surface area contributed by atoms with Gasteiger partial charge >= 0.3 is 0 Å². The molecule has 0 amide bonds. The quantitative estimate of drug-likeness (QED) is 0.670. The van der Waals surface area contributed by atoms with Gasteiger partial charge in [0, 0.05) is 5.69 Å². The average molecular weight is 189 g/mol. The number of benzene rings is 1. The topological polar surface area (TPSA) is 23.8 Å². The highest BCUT2D eigenvalue weighted by Gasteiger charge is 2.28. The Morgan fingerprint density at radius 2 is 1.92 bits per heavy atom. The van der Waals surface area contributed by atoms with Crippen LogP contribution in [0.4, 0.5) is 0 Å². The molecule has 0 aromatic heterocycles. The Morgan fingerprint density at radius 1 is 1.31 bits per heavy atom. The average Bonchev–Trinajstić information content (AvgIpc) is 2.19. The van der Waals surface area contributed by atoms with Gasteiger partial charge in [-0.15, -0.1) is 0 Å². The molecule has 0 fully saturated rings. The Kier molecular flexibility index (Phi) is 3.27. The van der Waals surface area contributed by atoms with E-state index < -0.39 is 8.07 Å². The maximum absolute atomic E-state index is 9.18. The van der Waals surface area contributed by atoms with Crippen molar-refractivity contribution in [2.75, 3.05) is 0 Å². The van der Waals surface area contributed by atoms with Crippen molar-refractivity contribution in [3.05, 3.63) is 30.3 Å². The summed E-state index contributed by atoms with van der Waals surface area (Å²) in [6.45, 7) is 4.29. The van der Waals surface area contributed by atoms with Crippen molar-refractivity contribution in [2.24, 2.45) is 0 Å². The number of hydrogen-bond acceptors (Lipinski definition) is 1. The highest BCUT2D eigenvalue weighted by molar-refractivity contribution is 6.97. The molecule has 1 atom stereocenters. The molecular weight excluding hydrogens is 174 g/mol. The van der Waals surface area contributed by atoms with Crippen LogP contribution in [0, 0.1) is 11.0 Å². The predicted molar refractivity (Wildman–Crippen MR) is 58.4 cm³/mol. The lowest BCUT2D eigenvalue weighted by molar-refractivity contribution is 1.06. The van der Waals surface area contributed by atoms with Crippen molar-refractivity contribution >= 4 is 13.3 Å². The van der Waals surface area contributed by atoms with E-state index in [1.54, 1.807) is 0 Å². The Bertz CT molecular complexity index is 302. The van der Waals surface area contributed by atoms with Crippen LogP contribution in [-0.4, -0.2) is 8.07 Å². The predicted octanol–water partition coefficient (Wildman–Crippen LogP) is 2.44. The summed E-state index contributed by atoms with van der Waals surface area (Å²) in [5.41, 5.74) is 2.53. The van der Waals surface area contributed by atoms with Gasteiger partial charge in [0.1, 0.15) is 0 Å². The molecule has 0 saturated carbocycles. The molecule has 0 saturated heterocycles. The first kappa shape index (κ1) is 10.0. The van der Waals surface area contributed by atoms with Crippen LogP contribution in [0.3, 0.4) is 0 Å². The third-order valence-electron chi connectivity index (χ3n) is 2.41. The van der Waals surface area contributed by atoms with Crippen LogP contribution >= 0.6 is 0 Å². The minimum Gasteiger partial charge on any atom is -0.206 e. The molecule has 0 spiro atoms. The molecule has 1 rings (SSSR count). The van der Waals surface area contributed by atoms with Gasteiger partial charge in [-0.3, -0.25) is 0 Å². The van der Waals surface area contributed by atoms with Gasteiger partial charge < -0.3 is 0 Å². The highest BCUT2D eigenvalue weighted by Crippen LogP contribution is 2.10. The second-order valence-corrected chi connectivity index (χ2v) is 7.53. The second-order valence-electron chi connectivity index (χ2n) is 3.56. The molecule has 0 aliphatic heterocycles. The van der Waals surface area contributed by atoms with Crippen molar-refractivity contribution in [1.29, 1.82) is 5.26 Å². The zero-order chi connectivity index (χ0) is 9.73. The summed E-state index contributed by atoms with van der Waals surface area (Å²) in [5.74, 6) is 0. The van der Waals surface area contributed by atoms with Crippen LogP contribution in [0.25, 0.3) is 0 Å². The molecule has 0 bridgehead atoms. The third-order valence-corrected chi connectivity index (χ3v) is 6.01. The fourth-order valence-electron chi connectivity index (χ4n) is 1.57. The van der Waals surface area contributed by atoms with Crippen molar-refractivity contribution in [2.45, 2.75) is 25.9 Å². The molecule has 68 valence electrons. The number of rotatable bonds is 3. The van der Waals surface area contributed by atoms with E-state index in [1.807, 2.05) is 18.2 Å². The minimum atomic E-state index is -1.79. The molecule has 1 aromatic carbocycles. The Labute approximate surface area is 81.0 Å². The Morgan fingerprint density at radius 3 is 2.38 bits per heavy atom. The molecule has 13 heavy (non-hydrogen) atoms. The van der Waals surface area contributed by atoms with Crippen LogP contribution in [0.2, 0.25) is 12.6 Å². The van der Waals surface area contributed by atoms with Gasteiger partial charge in [-0.25, -0.2) is 5.26 Å². The first-order valence-corrected chi connectivity index (χ1v) is 7.40. The lowest BCUT2D eigenvalue weighted by atomic mass is 10.4. The summed E-state index contributed by atoms with van der Waals surface area (Å²) < 4.78 is 0. The minimum absolute atomic E-state index is 1.06. The first-order chi connectivity index (χ1) is 6.23. The van der Waals surface area contributed by atoms with Crippen molar-refractivity contribution in [1.82, 2.24) is 0 Å². The molecule has 1 nitrogen and oxygen atoms in total. The lowest BCUT2D eigenvalue weighted by Gasteiger charge is -2.17. The summed E-state index contributed by atoms with van der Waals surface area (Å²) >= 11 is 0. The van der Waals surface area contributed by atoms with E-state index in [4.69, 9.17) is 0 Å². The molecule has 2 heteroatoms. The van der Waals surface area contributed by atoms with Crippen LogP contribution in [0.1, 0.15) is 13.3 Å². The van der Waals surface area contributed by atoms with Crippen LogP contribution in [0.5, 0.6) is 0 Å². The van der Waals surface area contributed by atoms with Gasteiger partial charge in [-0.05, 0) is 11.2 Å². The number of hydrogen-bond donors (Lipinski definition) is 0. The number of nitriles is 1. The normalized spacial score (nSPS) is 14.5. The van der Waals surface area contributed by atoms with Crippen LogP contribution in [-0.2, 0) is 0 Å². The number of nitrogens with zero attached hydrogens (tertiary/aromatic N) is 1. The van der Waals surface area contributed by atoms with Gasteiger partial charge in [0.25, 0.3) is 0 Å².